The van der Waals surface area contributed by atoms with Crippen LogP contribution in [0.15, 0.2) is 61.4 Å². The Morgan fingerprint density at radius 3 is 2.67 bits per heavy atom. The molecule has 0 aliphatic carbocycles. The second kappa shape index (κ2) is 9.68. The van der Waals surface area contributed by atoms with E-state index in [9.17, 15) is 14.9 Å². The number of non-ortho nitro benzene ring substituents is 1. The van der Waals surface area contributed by atoms with Crippen LogP contribution in [0.5, 0.6) is 0 Å². The summed E-state index contributed by atoms with van der Waals surface area (Å²) in [7, 11) is 0. The SMILES string of the molecule is C=CCNC(=S)[C@@H](C(=O)c1cccc([N+](=O)[O-])c1)[n+]1ccc(CCC)cc1. The van der Waals surface area contributed by atoms with Gasteiger partial charge in [-0.05, 0) is 12.0 Å². The smallest absolute Gasteiger partial charge is 0.270 e. The van der Waals surface area contributed by atoms with Crippen molar-refractivity contribution in [2.75, 3.05) is 6.54 Å². The molecule has 0 amide bonds. The average molecular weight is 384 g/mol. The molecule has 0 saturated heterocycles. The van der Waals surface area contributed by atoms with E-state index in [4.69, 9.17) is 12.2 Å². The Balaban J connectivity index is 2.40. The number of aromatic nitrogens is 1. The zero-order valence-corrected chi connectivity index (χ0v) is 15.9. The molecular weight excluding hydrogens is 362 g/mol. The molecule has 0 radical (unpaired) electrons. The predicted molar refractivity (Wildman–Crippen MR) is 108 cm³/mol. The van der Waals surface area contributed by atoms with Gasteiger partial charge in [0.1, 0.15) is 0 Å². The van der Waals surface area contributed by atoms with Gasteiger partial charge in [-0.1, -0.05) is 43.8 Å². The summed E-state index contributed by atoms with van der Waals surface area (Å²) < 4.78 is 1.72. The summed E-state index contributed by atoms with van der Waals surface area (Å²) in [5, 5.41) is 14.0. The Kier molecular flexibility index (Phi) is 7.31. The fourth-order valence-corrected chi connectivity index (χ4v) is 3.00. The third-order valence-corrected chi connectivity index (χ3v) is 4.38. The Morgan fingerprint density at radius 1 is 1.37 bits per heavy atom. The highest BCUT2D eigenvalue weighted by molar-refractivity contribution is 7.80. The highest BCUT2D eigenvalue weighted by atomic mass is 32.1. The number of aryl methyl sites for hydroxylation is 1. The zero-order valence-electron chi connectivity index (χ0n) is 15.1. The van der Waals surface area contributed by atoms with Crippen LogP contribution in [0.25, 0.3) is 0 Å². The second-order valence-corrected chi connectivity index (χ2v) is 6.45. The lowest BCUT2D eigenvalue weighted by molar-refractivity contribution is -0.692. The van der Waals surface area contributed by atoms with Crippen LogP contribution >= 0.6 is 12.2 Å². The lowest BCUT2D eigenvalue weighted by Crippen LogP contribution is -2.51. The maximum Gasteiger partial charge on any atom is 0.270 e. The van der Waals surface area contributed by atoms with Crippen LogP contribution in [0.2, 0.25) is 0 Å². The molecule has 27 heavy (non-hydrogen) atoms. The van der Waals surface area contributed by atoms with Crippen LogP contribution in [-0.2, 0) is 6.42 Å². The van der Waals surface area contributed by atoms with Gasteiger partial charge in [0.25, 0.3) is 11.7 Å². The van der Waals surface area contributed by atoms with Gasteiger partial charge in [0.15, 0.2) is 17.4 Å². The average Bonchev–Trinajstić information content (AvgIpc) is 2.68. The monoisotopic (exact) mass is 384 g/mol. The number of rotatable bonds is 9. The van der Waals surface area contributed by atoms with Crippen molar-refractivity contribution in [3.63, 3.8) is 0 Å². The molecule has 0 aliphatic rings. The zero-order chi connectivity index (χ0) is 19.8. The van der Waals surface area contributed by atoms with E-state index in [0.29, 0.717) is 11.5 Å². The molecule has 0 unspecified atom stereocenters. The number of thiocarbonyl (C=S) groups is 1. The van der Waals surface area contributed by atoms with Gasteiger partial charge in [-0.2, -0.15) is 4.57 Å². The summed E-state index contributed by atoms with van der Waals surface area (Å²) in [5.74, 6) is -0.312. The standard InChI is InChI=1S/C20H21N3O3S/c1-3-6-15-9-12-22(13-10-15)18(20(27)21-11-4-2)19(24)16-7-5-8-17(14-16)23(25)26/h4-5,7-10,12-14,18H,2-3,6,11H2,1H3/p+1/t18-/m1/s1. The molecule has 2 aromatic rings. The Morgan fingerprint density at radius 2 is 2.07 bits per heavy atom. The summed E-state index contributed by atoms with van der Waals surface area (Å²) >= 11 is 5.43. The molecule has 140 valence electrons. The number of ketones is 1. The number of carbonyl (C=O) groups is 1. The van der Waals surface area contributed by atoms with E-state index < -0.39 is 11.0 Å². The number of nitrogens with one attached hydrogen (secondary N) is 1. The van der Waals surface area contributed by atoms with Gasteiger partial charge in [-0.15, -0.1) is 6.58 Å². The number of nitro groups is 1. The van der Waals surface area contributed by atoms with Crippen LogP contribution in [0.4, 0.5) is 5.69 Å². The van der Waals surface area contributed by atoms with Gasteiger partial charge in [0, 0.05) is 36.4 Å². The summed E-state index contributed by atoms with van der Waals surface area (Å²) in [5.41, 5.74) is 1.27. The molecule has 1 heterocycles. The van der Waals surface area contributed by atoms with Crippen LogP contribution in [0.3, 0.4) is 0 Å². The predicted octanol–water partition coefficient (Wildman–Crippen LogP) is 3.36. The number of Topliss-reactive ketones (excluding diaryl/α,β-unsaturated/α-hetero) is 1. The molecule has 2 rings (SSSR count). The van der Waals surface area contributed by atoms with E-state index in [2.05, 4.69) is 18.8 Å². The number of carbonyl (C=O) groups excluding carboxylic acids is 1. The maximum atomic E-state index is 13.1. The van der Waals surface area contributed by atoms with Gasteiger partial charge in [0.2, 0.25) is 5.78 Å². The largest absolute Gasteiger partial charge is 0.370 e. The molecule has 0 saturated carbocycles. The molecule has 7 heteroatoms. The van der Waals surface area contributed by atoms with Gasteiger partial charge in [-0.3, -0.25) is 14.9 Å². The molecule has 1 aromatic heterocycles. The van der Waals surface area contributed by atoms with E-state index in [1.54, 1.807) is 16.7 Å². The van der Waals surface area contributed by atoms with Gasteiger partial charge < -0.3 is 5.32 Å². The number of benzene rings is 1. The van der Waals surface area contributed by atoms with E-state index in [1.807, 2.05) is 24.5 Å². The van der Waals surface area contributed by atoms with Crippen molar-refractivity contribution in [3.8, 4) is 0 Å². The van der Waals surface area contributed by atoms with E-state index >= 15 is 0 Å². The van der Waals surface area contributed by atoms with Crippen molar-refractivity contribution < 1.29 is 14.3 Å². The summed E-state index contributed by atoms with van der Waals surface area (Å²) in [4.78, 5) is 24.0. The van der Waals surface area contributed by atoms with Crippen LogP contribution in [0.1, 0.15) is 35.3 Å². The molecule has 0 fully saturated rings. The fraction of sp³-hybridized carbons (Fsp3) is 0.250. The van der Waals surface area contributed by atoms with Gasteiger partial charge in [-0.25, -0.2) is 0 Å². The number of nitro benzene ring substituents is 1. The molecule has 1 aromatic carbocycles. The minimum atomic E-state index is -0.794. The molecule has 0 spiro atoms. The highest BCUT2D eigenvalue weighted by Crippen LogP contribution is 2.17. The van der Waals surface area contributed by atoms with Gasteiger partial charge >= 0.3 is 0 Å². The van der Waals surface area contributed by atoms with Crippen molar-refractivity contribution in [2.24, 2.45) is 0 Å². The summed E-state index contributed by atoms with van der Waals surface area (Å²) in [6.07, 6.45) is 7.25. The number of nitrogens with zero attached hydrogens (tertiary/aromatic N) is 2. The Labute approximate surface area is 163 Å². The van der Waals surface area contributed by atoms with Crippen LogP contribution < -0.4 is 9.88 Å². The Hall–Kier alpha value is -2.93. The molecular formula is C20H22N3O3S+. The topological polar surface area (TPSA) is 76.1 Å². The van der Waals surface area contributed by atoms with Crippen molar-refractivity contribution in [2.45, 2.75) is 25.8 Å². The summed E-state index contributed by atoms with van der Waals surface area (Å²) in [6, 6.07) is 8.80. The first kappa shape index (κ1) is 20.4. The lowest BCUT2D eigenvalue weighted by atomic mass is 10.0. The Bertz CT molecular complexity index is 850. The number of hydrogen-bond acceptors (Lipinski definition) is 4. The third kappa shape index (κ3) is 5.27. The lowest BCUT2D eigenvalue weighted by Gasteiger charge is -2.14. The highest BCUT2D eigenvalue weighted by Gasteiger charge is 2.33. The third-order valence-electron chi connectivity index (χ3n) is 4.02. The first-order valence-electron chi connectivity index (χ1n) is 8.65. The van der Waals surface area contributed by atoms with E-state index in [-0.39, 0.29) is 17.0 Å². The molecule has 0 aliphatic heterocycles. The van der Waals surface area contributed by atoms with Crippen molar-refractivity contribution in [1.29, 1.82) is 0 Å². The molecule has 1 atom stereocenters. The minimum absolute atomic E-state index is 0.132. The minimum Gasteiger partial charge on any atom is -0.370 e. The first-order chi connectivity index (χ1) is 13.0. The maximum absolute atomic E-state index is 13.1. The normalized spacial score (nSPS) is 11.4. The van der Waals surface area contributed by atoms with Crippen LogP contribution in [-0.4, -0.2) is 22.2 Å². The second-order valence-electron chi connectivity index (χ2n) is 6.01. The van der Waals surface area contributed by atoms with E-state index in [1.165, 1.54) is 23.8 Å². The van der Waals surface area contributed by atoms with Crippen molar-refractivity contribution in [3.05, 3.63) is 82.7 Å². The quantitative estimate of drug-likeness (QED) is 0.179. The fourth-order valence-electron chi connectivity index (χ4n) is 2.69. The van der Waals surface area contributed by atoms with Crippen molar-refractivity contribution >= 4 is 28.7 Å². The summed E-state index contributed by atoms with van der Waals surface area (Å²) in [6.45, 7) is 6.17. The number of hydrogen-bond donors (Lipinski definition) is 1. The molecule has 6 nitrogen and oxygen atoms in total. The number of pyridine rings is 1. The van der Waals surface area contributed by atoms with Crippen molar-refractivity contribution in [1.82, 2.24) is 5.32 Å². The molecule has 0 bridgehead atoms. The van der Waals surface area contributed by atoms with E-state index in [0.717, 1.165) is 12.8 Å². The first-order valence-corrected chi connectivity index (χ1v) is 9.05. The van der Waals surface area contributed by atoms with Gasteiger partial charge in [0.05, 0.1) is 4.92 Å². The van der Waals surface area contributed by atoms with Crippen LogP contribution in [0, 0.1) is 10.1 Å². The molecule has 1 N–H and O–H groups in total.